The van der Waals surface area contributed by atoms with Crippen molar-refractivity contribution in [2.24, 2.45) is 0 Å². The molecule has 0 aliphatic rings. The number of carbonyl (C=O) groups excluding carboxylic acids is 1. The van der Waals surface area contributed by atoms with E-state index in [0.717, 1.165) is 5.56 Å². The number of nitrogens with zero attached hydrogens (tertiary/aromatic N) is 1. The SMILES string of the molecule is O=C(/C=C\NCc1ccccc1)c1ccc([N+](=O)[O-])cc1. The van der Waals surface area contributed by atoms with Crippen molar-refractivity contribution in [2.45, 2.75) is 6.54 Å². The molecular formula is C16H14N2O3. The first-order valence-corrected chi connectivity index (χ1v) is 6.39. The molecule has 0 saturated heterocycles. The number of allylic oxidation sites excluding steroid dienone is 1. The standard InChI is InChI=1S/C16H14N2O3/c19-16(14-6-8-15(9-7-14)18(20)21)10-11-17-12-13-4-2-1-3-5-13/h1-11,17H,12H2/b11-10-. The normalized spacial score (nSPS) is 10.5. The Labute approximate surface area is 122 Å². The smallest absolute Gasteiger partial charge is 0.269 e. The summed E-state index contributed by atoms with van der Waals surface area (Å²) in [5, 5.41) is 13.5. The minimum atomic E-state index is -0.495. The maximum absolute atomic E-state index is 11.8. The van der Waals surface area contributed by atoms with E-state index in [1.807, 2.05) is 30.3 Å². The quantitative estimate of drug-likeness (QED) is 0.382. The first-order chi connectivity index (χ1) is 10.2. The van der Waals surface area contributed by atoms with E-state index in [2.05, 4.69) is 5.32 Å². The van der Waals surface area contributed by atoms with Crippen LogP contribution in [0.15, 0.2) is 66.9 Å². The van der Waals surface area contributed by atoms with Gasteiger partial charge in [-0.25, -0.2) is 0 Å². The fourth-order valence-electron chi connectivity index (χ4n) is 1.75. The first-order valence-electron chi connectivity index (χ1n) is 6.39. The van der Waals surface area contributed by atoms with Crippen LogP contribution in [0.3, 0.4) is 0 Å². The summed E-state index contributed by atoms with van der Waals surface area (Å²) < 4.78 is 0. The van der Waals surface area contributed by atoms with E-state index in [1.165, 1.54) is 30.3 Å². The van der Waals surface area contributed by atoms with Gasteiger partial charge in [0.1, 0.15) is 0 Å². The van der Waals surface area contributed by atoms with Crippen LogP contribution in [0.25, 0.3) is 0 Å². The summed E-state index contributed by atoms with van der Waals surface area (Å²) in [6, 6.07) is 15.3. The largest absolute Gasteiger partial charge is 0.387 e. The molecule has 0 aliphatic heterocycles. The number of nitro benzene ring substituents is 1. The van der Waals surface area contributed by atoms with Gasteiger partial charge in [0.15, 0.2) is 5.78 Å². The lowest BCUT2D eigenvalue weighted by Crippen LogP contribution is -2.05. The van der Waals surface area contributed by atoms with Crippen LogP contribution >= 0.6 is 0 Å². The van der Waals surface area contributed by atoms with Crippen molar-refractivity contribution in [3.05, 3.63) is 88.1 Å². The van der Waals surface area contributed by atoms with Crippen LogP contribution in [0.1, 0.15) is 15.9 Å². The van der Waals surface area contributed by atoms with Gasteiger partial charge in [-0.3, -0.25) is 14.9 Å². The van der Waals surface area contributed by atoms with Gasteiger partial charge in [-0.05, 0) is 17.7 Å². The van der Waals surface area contributed by atoms with Crippen molar-refractivity contribution in [3.63, 3.8) is 0 Å². The molecule has 0 atom stereocenters. The van der Waals surface area contributed by atoms with Crippen LogP contribution in [0.4, 0.5) is 5.69 Å². The maximum Gasteiger partial charge on any atom is 0.269 e. The summed E-state index contributed by atoms with van der Waals surface area (Å²) in [5.74, 6) is -0.203. The second kappa shape index (κ2) is 7.00. The molecule has 0 unspecified atom stereocenters. The average molecular weight is 282 g/mol. The van der Waals surface area contributed by atoms with Crippen molar-refractivity contribution in [3.8, 4) is 0 Å². The zero-order chi connectivity index (χ0) is 15.1. The number of carbonyl (C=O) groups is 1. The minimum Gasteiger partial charge on any atom is -0.387 e. The van der Waals surface area contributed by atoms with Crippen LogP contribution in [0, 0.1) is 10.1 Å². The van der Waals surface area contributed by atoms with Crippen LogP contribution in [-0.2, 0) is 6.54 Å². The first kappa shape index (κ1) is 14.5. The highest BCUT2D eigenvalue weighted by Crippen LogP contribution is 2.12. The Balaban J connectivity index is 1.88. The molecule has 2 aromatic carbocycles. The number of nitrogens with one attached hydrogen (secondary N) is 1. The summed E-state index contributed by atoms with van der Waals surface area (Å²) in [6.45, 7) is 0.630. The van der Waals surface area contributed by atoms with E-state index in [1.54, 1.807) is 6.20 Å². The number of hydrogen-bond donors (Lipinski definition) is 1. The predicted molar refractivity (Wildman–Crippen MR) is 79.8 cm³/mol. The van der Waals surface area contributed by atoms with Gasteiger partial charge in [0, 0.05) is 36.5 Å². The van der Waals surface area contributed by atoms with Gasteiger partial charge in [0.2, 0.25) is 0 Å². The second-order valence-electron chi connectivity index (χ2n) is 4.37. The molecule has 0 radical (unpaired) electrons. The highest BCUT2D eigenvalue weighted by atomic mass is 16.6. The number of rotatable bonds is 6. The van der Waals surface area contributed by atoms with E-state index in [-0.39, 0.29) is 11.5 Å². The van der Waals surface area contributed by atoms with Crippen LogP contribution in [-0.4, -0.2) is 10.7 Å². The molecule has 0 spiro atoms. The summed E-state index contributed by atoms with van der Waals surface area (Å²) >= 11 is 0. The van der Waals surface area contributed by atoms with Gasteiger partial charge in [-0.15, -0.1) is 0 Å². The summed E-state index contributed by atoms with van der Waals surface area (Å²) in [4.78, 5) is 21.9. The van der Waals surface area contributed by atoms with Crippen LogP contribution in [0.5, 0.6) is 0 Å². The Bertz CT molecular complexity index is 649. The number of benzene rings is 2. The highest BCUT2D eigenvalue weighted by Gasteiger charge is 2.06. The molecule has 106 valence electrons. The highest BCUT2D eigenvalue weighted by molar-refractivity contribution is 6.04. The third-order valence-corrected chi connectivity index (χ3v) is 2.86. The average Bonchev–Trinajstić information content (AvgIpc) is 2.52. The number of ketones is 1. The molecule has 0 aromatic heterocycles. The molecular weight excluding hydrogens is 268 g/mol. The zero-order valence-electron chi connectivity index (χ0n) is 11.2. The number of non-ortho nitro benzene ring substituents is 1. The molecule has 0 aliphatic carbocycles. The molecule has 1 N–H and O–H groups in total. The van der Waals surface area contributed by atoms with E-state index in [9.17, 15) is 14.9 Å². The van der Waals surface area contributed by atoms with Gasteiger partial charge in [0.05, 0.1) is 4.92 Å². The molecule has 5 nitrogen and oxygen atoms in total. The number of hydrogen-bond acceptors (Lipinski definition) is 4. The van der Waals surface area contributed by atoms with E-state index in [4.69, 9.17) is 0 Å². The van der Waals surface area contributed by atoms with Crippen molar-refractivity contribution in [2.75, 3.05) is 0 Å². The van der Waals surface area contributed by atoms with Gasteiger partial charge < -0.3 is 5.32 Å². The maximum atomic E-state index is 11.8. The molecule has 0 saturated carbocycles. The second-order valence-corrected chi connectivity index (χ2v) is 4.37. The van der Waals surface area contributed by atoms with Gasteiger partial charge in [0.25, 0.3) is 5.69 Å². The van der Waals surface area contributed by atoms with E-state index < -0.39 is 4.92 Å². The van der Waals surface area contributed by atoms with Crippen LogP contribution in [0.2, 0.25) is 0 Å². The van der Waals surface area contributed by atoms with Crippen molar-refractivity contribution in [1.82, 2.24) is 5.32 Å². The molecule has 0 heterocycles. The fraction of sp³-hybridized carbons (Fsp3) is 0.0625. The Morgan fingerprint density at radius 1 is 1.10 bits per heavy atom. The summed E-state index contributed by atoms with van der Waals surface area (Å²) in [7, 11) is 0. The van der Waals surface area contributed by atoms with Crippen molar-refractivity contribution >= 4 is 11.5 Å². The molecule has 2 rings (SSSR count). The van der Waals surface area contributed by atoms with E-state index >= 15 is 0 Å². The third-order valence-electron chi connectivity index (χ3n) is 2.86. The van der Waals surface area contributed by atoms with Crippen molar-refractivity contribution < 1.29 is 9.72 Å². The lowest BCUT2D eigenvalue weighted by atomic mass is 10.1. The Hall–Kier alpha value is -2.95. The monoisotopic (exact) mass is 282 g/mol. The fourth-order valence-corrected chi connectivity index (χ4v) is 1.75. The van der Waals surface area contributed by atoms with Crippen molar-refractivity contribution in [1.29, 1.82) is 0 Å². The number of nitro groups is 1. The van der Waals surface area contributed by atoms with Gasteiger partial charge in [-0.2, -0.15) is 0 Å². The predicted octanol–water partition coefficient (Wildman–Crippen LogP) is 3.08. The Morgan fingerprint density at radius 3 is 2.38 bits per heavy atom. The van der Waals surface area contributed by atoms with E-state index in [0.29, 0.717) is 12.1 Å². The lowest BCUT2D eigenvalue weighted by molar-refractivity contribution is -0.384. The molecule has 5 heteroatoms. The van der Waals surface area contributed by atoms with Crippen LogP contribution < -0.4 is 5.32 Å². The molecule has 21 heavy (non-hydrogen) atoms. The molecule has 0 bridgehead atoms. The molecule has 2 aromatic rings. The minimum absolute atomic E-state index is 0.0299. The molecule has 0 amide bonds. The Kier molecular flexibility index (Phi) is 4.82. The van der Waals surface area contributed by atoms with Gasteiger partial charge >= 0.3 is 0 Å². The van der Waals surface area contributed by atoms with Gasteiger partial charge in [-0.1, -0.05) is 30.3 Å². The lowest BCUT2D eigenvalue weighted by Gasteiger charge is -2.00. The molecule has 0 fully saturated rings. The summed E-state index contributed by atoms with van der Waals surface area (Å²) in [6.07, 6.45) is 2.99. The third kappa shape index (κ3) is 4.28. The Morgan fingerprint density at radius 2 is 1.76 bits per heavy atom. The summed E-state index contributed by atoms with van der Waals surface area (Å²) in [5.41, 5.74) is 1.50. The zero-order valence-corrected chi connectivity index (χ0v) is 11.2. The topological polar surface area (TPSA) is 72.2 Å².